The first-order valence-corrected chi connectivity index (χ1v) is 5.95. The highest BCUT2D eigenvalue weighted by Gasteiger charge is 2.15. The number of benzene rings is 1. The Balaban J connectivity index is 2.47. The molecular weight excluding hydrogens is 214 g/mol. The van der Waals surface area contributed by atoms with Crippen LogP contribution in [0.2, 0.25) is 0 Å². The van der Waals surface area contributed by atoms with Crippen molar-refractivity contribution in [3.8, 4) is 0 Å². The van der Waals surface area contributed by atoms with Gasteiger partial charge in [0.25, 0.3) is 0 Å². The normalized spacial score (nSPS) is 14.5. The summed E-state index contributed by atoms with van der Waals surface area (Å²) < 4.78 is 11.5. The summed E-state index contributed by atoms with van der Waals surface area (Å²) >= 11 is 0. The summed E-state index contributed by atoms with van der Waals surface area (Å²) in [5.41, 5.74) is 6.20. The highest BCUT2D eigenvalue weighted by atomic mass is 32.2. The zero-order chi connectivity index (χ0) is 11.3. The second-order valence-electron chi connectivity index (χ2n) is 3.18. The molecular formula is C10H13NO3S. The summed E-state index contributed by atoms with van der Waals surface area (Å²) in [6.45, 7) is 0. The molecule has 4 nitrogen and oxygen atoms in total. The molecule has 1 aromatic rings. The van der Waals surface area contributed by atoms with Crippen molar-refractivity contribution in [2.45, 2.75) is 11.8 Å². The van der Waals surface area contributed by atoms with E-state index in [1.165, 1.54) is 0 Å². The summed E-state index contributed by atoms with van der Waals surface area (Å²) in [5, 5.41) is 8.54. The molecule has 0 saturated heterocycles. The van der Waals surface area contributed by atoms with E-state index in [-0.39, 0.29) is 5.75 Å². The minimum Gasteiger partial charge on any atom is -0.480 e. The van der Waals surface area contributed by atoms with Crippen molar-refractivity contribution in [2.24, 2.45) is 5.73 Å². The van der Waals surface area contributed by atoms with Crippen molar-refractivity contribution in [1.29, 1.82) is 0 Å². The summed E-state index contributed by atoms with van der Waals surface area (Å²) in [7, 11) is -1.23. The van der Waals surface area contributed by atoms with Crippen molar-refractivity contribution in [3.05, 3.63) is 35.9 Å². The van der Waals surface area contributed by atoms with Crippen molar-refractivity contribution < 1.29 is 14.1 Å². The van der Waals surface area contributed by atoms with Gasteiger partial charge in [0.1, 0.15) is 6.04 Å². The van der Waals surface area contributed by atoms with Crippen LogP contribution in [0, 0.1) is 0 Å². The average molecular weight is 227 g/mol. The van der Waals surface area contributed by atoms with Crippen LogP contribution in [0.5, 0.6) is 0 Å². The summed E-state index contributed by atoms with van der Waals surface area (Å²) in [6.07, 6.45) is 0. The van der Waals surface area contributed by atoms with E-state index in [4.69, 9.17) is 10.8 Å². The van der Waals surface area contributed by atoms with E-state index >= 15 is 0 Å². The van der Waals surface area contributed by atoms with Gasteiger partial charge in [0.2, 0.25) is 0 Å². The van der Waals surface area contributed by atoms with Crippen LogP contribution in [-0.2, 0) is 21.3 Å². The molecule has 0 aromatic heterocycles. The molecule has 5 heteroatoms. The molecule has 2 unspecified atom stereocenters. The lowest BCUT2D eigenvalue weighted by molar-refractivity contribution is -0.137. The van der Waals surface area contributed by atoms with Gasteiger partial charge >= 0.3 is 5.97 Å². The zero-order valence-corrected chi connectivity index (χ0v) is 8.94. The van der Waals surface area contributed by atoms with Gasteiger partial charge in [-0.25, -0.2) is 0 Å². The van der Waals surface area contributed by atoms with Crippen LogP contribution in [0.1, 0.15) is 5.56 Å². The zero-order valence-electron chi connectivity index (χ0n) is 8.13. The minimum atomic E-state index is -1.23. The first kappa shape index (κ1) is 11.9. The quantitative estimate of drug-likeness (QED) is 0.760. The third-order valence-corrected chi connectivity index (χ3v) is 3.24. The van der Waals surface area contributed by atoms with Gasteiger partial charge in [-0.3, -0.25) is 9.00 Å². The van der Waals surface area contributed by atoms with Gasteiger partial charge in [-0.15, -0.1) is 0 Å². The summed E-state index contributed by atoms with van der Waals surface area (Å²) in [5.74, 6) is -0.775. The van der Waals surface area contributed by atoms with Crippen molar-refractivity contribution in [1.82, 2.24) is 0 Å². The van der Waals surface area contributed by atoms with Gasteiger partial charge in [0.15, 0.2) is 0 Å². The molecule has 0 aliphatic heterocycles. The standard InChI is InChI=1S/C10H13NO3S/c11-9(10(12)13)7-15(14)6-8-4-2-1-3-5-8/h1-5,9H,6-7,11H2,(H,12,13). The van der Waals surface area contributed by atoms with Gasteiger partial charge < -0.3 is 10.8 Å². The Hall–Kier alpha value is -1.20. The highest BCUT2D eigenvalue weighted by Crippen LogP contribution is 2.03. The van der Waals surface area contributed by atoms with Gasteiger partial charge in [0.05, 0.1) is 0 Å². The number of carbonyl (C=O) groups is 1. The van der Waals surface area contributed by atoms with Crippen LogP contribution in [-0.4, -0.2) is 27.1 Å². The fourth-order valence-electron chi connectivity index (χ4n) is 1.09. The first-order valence-electron chi connectivity index (χ1n) is 4.47. The van der Waals surface area contributed by atoms with E-state index in [1.54, 1.807) is 0 Å². The predicted molar refractivity (Wildman–Crippen MR) is 58.8 cm³/mol. The smallest absolute Gasteiger partial charge is 0.321 e. The molecule has 0 spiro atoms. The maximum Gasteiger partial charge on any atom is 0.321 e. The molecule has 2 atom stereocenters. The van der Waals surface area contributed by atoms with E-state index < -0.39 is 22.8 Å². The number of nitrogens with two attached hydrogens (primary N) is 1. The van der Waals surface area contributed by atoms with E-state index in [9.17, 15) is 9.00 Å². The first-order chi connectivity index (χ1) is 7.09. The molecule has 0 saturated carbocycles. The van der Waals surface area contributed by atoms with Gasteiger partial charge in [-0.2, -0.15) is 0 Å². The lowest BCUT2D eigenvalue weighted by Gasteiger charge is -2.06. The number of aliphatic carboxylic acids is 1. The molecule has 0 aliphatic carbocycles. The molecule has 1 rings (SSSR count). The molecule has 0 bridgehead atoms. The maximum absolute atomic E-state index is 11.5. The highest BCUT2D eigenvalue weighted by molar-refractivity contribution is 7.84. The van der Waals surface area contributed by atoms with Crippen molar-refractivity contribution in [3.63, 3.8) is 0 Å². The van der Waals surface area contributed by atoms with Crippen LogP contribution in [0.4, 0.5) is 0 Å². The Morgan fingerprint density at radius 2 is 2.00 bits per heavy atom. The molecule has 0 heterocycles. The number of carboxylic acids is 1. The molecule has 3 N–H and O–H groups in total. The molecule has 82 valence electrons. The van der Waals surface area contributed by atoms with Gasteiger partial charge in [-0.05, 0) is 5.56 Å². The Bertz CT molecular complexity index is 353. The topological polar surface area (TPSA) is 80.4 Å². The number of carboxylic acid groups (broad SMARTS) is 1. The summed E-state index contributed by atoms with van der Waals surface area (Å²) in [4.78, 5) is 10.4. The maximum atomic E-state index is 11.5. The van der Waals surface area contributed by atoms with Crippen LogP contribution in [0.3, 0.4) is 0 Å². The molecule has 0 amide bonds. The lowest BCUT2D eigenvalue weighted by Crippen LogP contribution is -2.35. The minimum absolute atomic E-state index is 0.00969. The number of hydrogen-bond donors (Lipinski definition) is 2. The van der Waals surface area contributed by atoms with Gasteiger partial charge in [-0.1, -0.05) is 30.3 Å². The van der Waals surface area contributed by atoms with E-state index in [0.717, 1.165) is 5.56 Å². The van der Waals surface area contributed by atoms with Gasteiger partial charge in [0, 0.05) is 22.3 Å². The second-order valence-corrected chi connectivity index (χ2v) is 4.68. The lowest BCUT2D eigenvalue weighted by atomic mass is 10.2. The molecule has 0 aliphatic rings. The monoisotopic (exact) mass is 227 g/mol. The SMILES string of the molecule is NC(CS(=O)Cc1ccccc1)C(=O)O. The van der Waals surface area contributed by atoms with E-state index in [2.05, 4.69) is 0 Å². The Labute approximate surface area is 90.6 Å². The van der Waals surface area contributed by atoms with E-state index in [1.807, 2.05) is 30.3 Å². The fourth-order valence-corrected chi connectivity index (χ4v) is 2.32. The third-order valence-electron chi connectivity index (χ3n) is 1.85. The van der Waals surface area contributed by atoms with Crippen molar-refractivity contribution >= 4 is 16.8 Å². The predicted octanol–water partition coefficient (Wildman–Crippen LogP) is 0.347. The molecule has 0 radical (unpaired) electrons. The van der Waals surface area contributed by atoms with E-state index in [0.29, 0.717) is 5.75 Å². The largest absolute Gasteiger partial charge is 0.480 e. The Morgan fingerprint density at radius 1 is 1.40 bits per heavy atom. The van der Waals surface area contributed by atoms with Crippen LogP contribution < -0.4 is 5.73 Å². The molecule has 0 fully saturated rings. The Morgan fingerprint density at radius 3 is 2.53 bits per heavy atom. The average Bonchev–Trinajstić information content (AvgIpc) is 2.18. The van der Waals surface area contributed by atoms with Crippen LogP contribution in [0.25, 0.3) is 0 Å². The molecule has 1 aromatic carbocycles. The third kappa shape index (κ3) is 4.22. The fraction of sp³-hybridized carbons (Fsp3) is 0.300. The van der Waals surface area contributed by atoms with Crippen LogP contribution >= 0.6 is 0 Å². The van der Waals surface area contributed by atoms with Crippen molar-refractivity contribution in [2.75, 3.05) is 5.75 Å². The summed E-state index contributed by atoms with van der Waals surface area (Å²) in [6, 6.07) is 8.23. The molecule has 15 heavy (non-hydrogen) atoms. The Kier molecular flexibility index (Phi) is 4.45. The van der Waals surface area contributed by atoms with Crippen LogP contribution in [0.15, 0.2) is 30.3 Å². The number of hydrogen-bond acceptors (Lipinski definition) is 3. The second kappa shape index (κ2) is 5.63. The number of rotatable bonds is 5.